The minimum Gasteiger partial charge on any atom is -0.394 e. The molecule has 14 nitrogen and oxygen atoms in total. The molecule has 0 aliphatic carbocycles. The van der Waals surface area contributed by atoms with Crippen molar-refractivity contribution in [1.82, 2.24) is 19.5 Å². The Bertz CT molecular complexity index is 1020. The third kappa shape index (κ3) is 2.77. The van der Waals surface area contributed by atoms with Gasteiger partial charge in [0.05, 0.1) is 19.5 Å². The van der Waals surface area contributed by atoms with Gasteiger partial charge in [0.1, 0.15) is 48.4 Å². The summed E-state index contributed by atoms with van der Waals surface area (Å²) in [5.74, 6) is 0. The lowest BCUT2D eigenvalue weighted by molar-refractivity contribution is -0.286. The van der Waals surface area contributed by atoms with Gasteiger partial charge in [-0.05, 0) is 0 Å². The van der Waals surface area contributed by atoms with Gasteiger partial charge in [0, 0.05) is 0 Å². The van der Waals surface area contributed by atoms with Crippen molar-refractivity contribution in [3.05, 3.63) is 27.2 Å². The molecule has 2 saturated heterocycles. The summed E-state index contributed by atoms with van der Waals surface area (Å²) in [7, 11) is 0. The molecule has 2 aliphatic heterocycles. The Balaban J connectivity index is 1.96. The maximum absolute atomic E-state index is 12.0. The number of aliphatic hydroxyl groups is 6. The zero-order chi connectivity index (χ0) is 21.1. The standard InChI is InChI=1S/C15H20N4O10/c20-1-5-8(23)10(25)15(29-5,11-9(24)7(22)4(21)2-28-11)19-3-16-6-12(19)17-14(27)18-13(6)26/h3-5,7-11,20-25H,1-2H2,(H2,17,18,26,27)/t4-,5-,7-,8-,9+,10-,11?,15+/m1/s1. The van der Waals surface area contributed by atoms with E-state index in [0.29, 0.717) is 0 Å². The number of aromatic amines is 2. The van der Waals surface area contributed by atoms with Crippen LogP contribution in [0.15, 0.2) is 15.9 Å². The first-order chi connectivity index (χ1) is 13.7. The Hall–Kier alpha value is -2.17. The fourth-order valence-corrected chi connectivity index (χ4v) is 3.92. The average Bonchev–Trinajstić information content (AvgIpc) is 3.21. The van der Waals surface area contributed by atoms with Crippen LogP contribution >= 0.6 is 0 Å². The van der Waals surface area contributed by atoms with E-state index in [4.69, 9.17) is 9.47 Å². The van der Waals surface area contributed by atoms with Crippen LogP contribution in [0.4, 0.5) is 0 Å². The molecule has 8 N–H and O–H groups in total. The molecule has 0 aromatic carbocycles. The van der Waals surface area contributed by atoms with Crippen molar-refractivity contribution in [3.63, 3.8) is 0 Å². The lowest BCUT2D eigenvalue weighted by Gasteiger charge is -2.46. The van der Waals surface area contributed by atoms with Gasteiger partial charge in [-0.2, -0.15) is 0 Å². The molecule has 0 saturated carbocycles. The van der Waals surface area contributed by atoms with Gasteiger partial charge >= 0.3 is 5.69 Å². The van der Waals surface area contributed by atoms with Gasteiger partial charge in [-0.3, -0.25) is 19.3 Å². The third-order valence-electron chi connectivity index (χ3n) is 5.37. The SMILES string of the molecule is O=c1[nH]c(=O)c2ncn([C@]3(C4OC[C@@H](O)[C@@H](O)[C@@H]4O)O[C@H](CO)[C@@H](O)[C@H]3O)c2[nH]1. The highest BCUT2D eigenvalue weighted by molar-refractivity contribution is 5.69. The number of ether oxygens (including phenoxy) is 2. The van der Waals surface area contributed by atoms with Crippen molar-refractivity contribution in [1.29, 1.82) is 0 Å². The normalized spacial score (nSPS) is 40.6. The molecule has 2 aromatic rings. The highest BCUT2D eigenvalue weighted by Crippen LogP contribution is 2.43. The summed E-state index contributed by atoms with van der Waals surface area (Å²) in [6.07, 6.45) is -10.4. The van der Waals surface area contributed by atoms with Crippen LogP contribution in [0.3, 0.4) is 0 Å². The number of rotatable bonds is 3. The molecular weight excluding hydrogens is 396 g/mol. The molecule has 0 spiro atoms. The maximum Gasteiger partial charge on any atom is 0.327 e. The second kappa shape index (κ2) is 6.96. The largest absolute Gasteiger partial charge is 0.394 e. The summed E-state index contributed by atoms with van der Waals surface area (Å²) in [6.45, 7) is -1.18. The summed E-state index contributed by atoms with van der Waals surface area (Å²) in [6, 6.07) is 0. The Morgan fingerprint density at radius 2 is 1.86 bits per heavy atom. The summed E-state index contributed by atoms with van der Waals surface area (Å²) >= 11 is 0. The number of nitrogens with one attached hydrogen (secondary N) is 2. The molecule has 2 aliphatic rings. The van der Waals surface area contributed by atoms with Crippen molar-refractivity contribution >= 4 is 11.2 Å². The van der Waals surface area contributed by atoms with Crippen LogP contribution in [0.5, 0.6) is 0 Å². The van der Waals surface area contributed by atoms with E-state index in [1.807, 2.05) is 4.98 Å². The van der Waals surface area contributed by atoms with Crippen molar-refractivity contribution in [2.75, 3.05) is 13.2 Å². The number of fused-ring (bicyclic) bond motifs is 1. The number of hydrogen-bond acceptors (Lipinski definition) is 11. The van der Waals surface area contributed by atoms with Crippen LogP contribution in [-0.2, 0) is 15.2 Å². The van der Waals surface area contributed by atoms with Gasteiger partial charge in [-0.15, -0.1) is 0 Å². The van der Waals surface area contributed by atoms with E-state index in [9.17, 15) is 40.2 Å². The van der Waals surface area contributed by atoms with Crippen molar-refractivity contribution in [2.24, 2.45) is 0 Å². The van der Waals surface area contributed by atoms with Gasteiger partial charge < -0.3 is 40.1 Å². The molecule has 2 fully saturated rings. The molecule has 2 aromatic heterocycles. The molecule has 4 rings (SSSR count). The number of H-pyrrole nitrogens is 2. The van der Waals surface area contributed by atoms with Gasteiger partial charge in [-0.1, -0.05) is 0 Å². The van der Waals surface area contributed by atoms with Gasteiger partial charge in [0.2, 0.25) is 5.72 Å². The van der Waals surface area contributed by atoms with Crippen LogP contribution in [0.1, 0.15) is 0 Å². The Morgan fingerprint density at radius 3 is 2.52 bits per heavy atom. The van der Waals surface area contributed by atoms with Gasteiger partial charge in [0.25, 0.3) is 5.56 Å². The molecule has 0 radical (unpaired) electrons. The lowest BCUT2D eigenvalue weighted by Crippen LogP contribution is -2.65. The van der Waals surface area contributed by atoms with E-state index in [-0.39, 0.29) is 11.2 Å². The van der Waals surface area contributed by atoms with E-state index >= 15 is 0 Å². The van der Waals surface area contributed by atoms with Gasteiger partial charge in [-0.25, -0.2) is 9.78 Å². The number of nitrogens with zero attached hydrogens (tertiary/aromatic N) is 2. The number of imidazole rings is 1. The van der Waals surface area contributed by atoms with Crippen LogP contribution in [0.2, 0.25) is 0 Å². The van der Waals surface area contributed by atoms with Crippen LogP contribution < -0.4 is 11.2 Å². The molecule has 0 amide bonds. The van der Waals surface area contributed by atoms with Crippen LogP contribution in [0.25, 0.3) is 11.2 Å². The average molecular weight is 416 g/mol. The van der Waals surface area contributed by atoms with Crippen molar-refractivity contribution < 1.29 is 40.1 Å². The fourth-order valence-electron chi connectivity index (χ4n) is 3.92. The molecule has 0 bridgehead atoms. The van der Waals surface area contributed by atoms with Crippen molar-refractivity contribution in [2.45, 2.75) is 48.5 Å². The summed E-state index contributed by atoms with van der Waals surface area (Å²) < 4.78 is 12.1. The summed E-state index contributed by atoms with van der Waals surface area (Å²) in [4.78, 5) is 32.0. The predicted octanol–water partition coefficient (Wildman–Crippen LogP) is -5.34. The molecular formula is C15H20N4O10. The number of aromatic nitrogens is 4. The van der Waals surface area contributed by atoms with E-state index in [1.165, 1.54) is 0 Å². The Kier molecular flexibility index (Phi) is 4.83. The van der Waals surface area contributed by atoms with Crippen LogP contribution in [-0.4, -0.2) is 106 Å². The Labute approximate surface area is 160 Å². The van der Waals surface area contributed by atoms with E-state index in [1.54, 1.807) is 0 Å². The Morgan fingerprint density at radius 1 is 1.14 bits per heavy atom. The van der Waals surface area contributed by atoms with E-state index < -0.39 is 72.9 Å². The molecule has 160 valence electrons. The maximum atomic E-state index is 12.0. The molecule has 29 heavy (non-hydrogen) atoms. The fraction of sp³-hybridized carbons (Fsp3) is 0.667. The lowest BCUT2D eigenvalue weighted by atomic mass is 9.88. The number of aliphatic hydroxyl groups excluding tert-OH is 6. The molecule has 1 unspecified atom stereocenters. The smallest absolute Gasteiger partial charge is 0.327 e. The second-order valence-electron chi connectivity index (χ2n) is 7.05. The quantitative estimate of drug-likeness (QED) is 0.236. The second-order valence-corrected chi connectivity index (χ2v) is 7.05. The minimum absolute atomic E-state index is 0.222. The van der Waals surface area contributed by atoms with Crippen molar-refractivity contribution in [3.8, 4) is 0 Å². The molecule has 4 heterocycles. The molecule has 14 heteroatoms. The zero-order valence-electron chi connectivity index (χ0n) is 14.7. The van der Waals surface area contributed by atoms with Crippen LogP contribution in [0, 0.1) is 0 Å². The highest BCUT2D eigenvalue weighted by atomic mass is 16.6. The first-order valence-electron chi connectivity index (χ1n) is 8.73. The third-order valence-corrected chi connectivity index (χ3v) is 5.37. The zero-order valence-corrected chi connectivity index (χ0v) is 14.7. The number of hydrogen-bond donors (Lipinski definition) is 8. The first-order valence-corrected chi connectivity index (χ1v) is 8.73. The van der Waals surface area contributed by atoms with E-state index in [0.717, 1.165) is 10.9 Å². The predicted molar refractivity (Wildman–Crippen MR) is 90.7 cm³/mol. The van der Waals surface area contributed by atoms with Gasteiger partial charge in [0.15, 0.2) is 5.52 Å². The highest BCUT2D eigenvalue weighted by Gasteiger charge is 2.64. The molecule has 8 atom stereocenters. The monoisotopic (exact) mass is 416 g/mol. The van der Waals surface area contributed by atoms with E-state index in [2.05, 4.69) is 9.97 Å². The first kappa shape index (κ1) is 20.1. The summed E-state index contributed by atoms with van der Waals surface area (Å²) in [5, 5.41) is 61.1. The minimum atomic E-state index is -2.22. The topological polar surface area (TPSA) is 223 Å². The summed E-state index contributed by atoms with van der Waals surface area (Å²) in [5.41, 5.74) is -4.43.